The first-order chi connectivity index (χ1) is 17.4. The van der Waals surface area contributed by atoms with Crippen molar-refractivity contribution in [3.05, 3.63) is 35.4 Å². The number of phenolic OH excluding ortho intramolecular Hbond substituents is 2. The number of aromatic hydroxyl groups is 2. The molecule has 0 aromatic heterocycles. The van der Waals surface area contributed by atoms with E-state index < -0.39 is 0 Å². The molecule has 0 spiro atoms. The Morgan fingerprint density at radius 1 is 0.583 bits per heavy atom. The number of nitrogens with one attached hydrogen (secondary N) is 2. The van der Waals surface area contributed by atoms with Crippen molar-refractivity contribution < 1.29 is 10.2 Å². The van der Waals surface area contributed by atoms with E-state index in [-0.39, 0.29) is 11.1 Å². The topological polar surface area (TPSA) is 64.5 Å². The van der Waals surface area contributed by atoms with Gasteiger partial charge in [-0.1, -0.05) is 12.1 Å². The van der Waals surface area contributed by atoms with Crippen LogP contribution in [0.1, 0.15) is 88.2 Å². The molecule has 4 nitrogen and oxygen atoms in total. The van der Waals surface area contributed by atoms with Gasteiger partial charge in [0.1, 0.15) is 11.5 Å². The van der Waals surface area contributed by atoms with Crippen LogP contribution in [0.3, 0.4) is 0 Å². The number of rotatable bonds is 6. The van der Waals surface area contributed by atoms with E-state index in [1.54, 1.807) is 6.07 Å². The summed E-state index contributed by atoms with van der Waals surface area (Å²) in [5.41, 5.74) is 2.48. The van der Waals surface area contributed by atoms with Gasteiger partial charge in [-0.3, -0.25) is 0 Å². The third-order valence-electron chi connectivity index (χ3n) is 11.7. The van der Waals surface area contributed by atoms with E-state index in [0.29, 0.717) is 18.0 Å². The van der Waals surface area contributed by atoms with Gasteiger partial charge in [0.05, 0.1) is 0 Å². The van der Waals surface area contributed by atoms with E-state index in [1.807, 2.05) is 6.07 Å². The van der Waals surface area contributed by atoms with Crippen molar-refractivity contribution in [2.45, 2.75) is 101 Å². The molecule has 10 rings (SSSR count). The minimum absolute atomic E-state index is 0.257. The van der Waals surface area contributed by atoms with Crippen LogP contribution in [0.25, 0.3) is 10.8 Å². The molecule has 8 fully saturated rings. The minimum Gasteiger partial charge on any atom is -0.508 e. The van der Waals surface area contributed by atoms with Crippen LogP contribution in [-0.2, 0) is 13.1 Å². The molecular weight excluding hydrogens is 444 g/mol. The van der Waals surface area contributed by atoms with Gasteiger partial charge in [-0.25, -0.2) is 0 Å². The van der Waals surface area contributed by atoms with E-state index in [4.69, 9.17) is 0 Å². The van der Waals surface area contributed by atoms with Gasteiger partial charge in [0, 0.05) is 40.7 Å². The zero-order valence-corrected chi connectivity index (χ0v) is 21.6. The number of benzene rings is 2. The Morgan fingerprint density at radius 3 is 1.53 bits per heavy atom. The Labute approximate surface area is 215 Å². The Balaban J connectivity index is 1.03. The molecule has 0 heterocycles. The Kier molecular flexibility index (Phi) is 4.86. The van der Waals surface area contributed by atoms with Gasteiger partial charge in [0.2, 0.25) is 0 Å². The second kappa shape index (κ2) is 7.86. The summed E-state index contributed by atoms with van der Waals surface area (Å²) < 4.78 is 0. The quantitative estimate of drug-likeness (QED) is 0.383. The summed E-state index contributed by atoms with van der Waals surface area (Å²) in [5, 5.41) is 32.0. The van der Waals surface area contributed by atoms with Gasteiger partial charge in [-0.05, 0) is 130 Å². The third-order valence-corrected chi connectivity index (χ3v) is 11.7. The third kappa shape index (κ3) is 3.54. The molecule has 8 bridgehead atoms. The van der Waals surface area contributed by atoms with Crippen molar-refractivity contribution in [1.82, 2.24) is 10.6 Å². The minimum atomic E-state index is 0.257. The lowest BCUT2D eigenvalue weighted by molar-refractivity contribution is -0.0207. The van der Waals surface area contributed by atoms with E-state index >= 15 is 0 Å². The lowest BCUT2D eigenvalue weighted by atomic mass is 9.53. The van der Waals surface area contributed by atoms with Crippen molar-refractivity contribution >= 4 is 10.8 Å². The summed E-state index contributed by atoms with van der Waals surface area (Å²) >= 11 is 0. The van der Waals surface area contributed by atoms with Gasteiger partial charge in [0.25, 0.3) is 0 Å². The number of phenols is 2. The van der Waals surface area contributed by atoms with E-state index in [1.165, 1.54) is 77.0 Å². The predicted molar refractivity (Wildman–Crippen MR) is 143 cm³/mol. The van der Waals surface area contributed by atoms with Crippen LogP contribution in [0.4, 0.5) is 0 Å². The van der Waals surface area contributed by atoms with Crippen molar-refractivity contribution in [2.75, 3.05) is 0 Å². The normalized spacial score (nSPS) is 42.0. The second-order valence-electron chi connectivity index (χ2n) is 14.3. The smallest absolute Gasteiger partial charge is 0.127 e. The highest BCUT2D eigenvalue weighted by Crippen LogP contribution is 2.57. The van der Waals surface area contributed by atoms with Crippen LogP contribution in [-0.4, -0.2) is 21.3 Å². The second-order valence-corrected chi connectivity index (χ2v) is 14.3. The van der Waals surface area contributed by atoms with Crippen LogP contribution < -0.4 is 10.6 Å². The Morgan fingerprint density at radius 2 is 1.03 bits per heavy atom. The molecule has 2 aromatic carbocycles. The average Bonchev–Trinajstić information content (AvgIpc) is 2.81. The SMILES string of the molecule is Oc1ccc2c(O)c(CNC34CC5CC(CC(C5)C3)C4)ccc2c1CNC12CC3CC(CC(C3)C1)C2. The number of fused-ring (bicyclic) bond motifs is 1. The van der Waals surface area contributed by atoms with Crippen molar-refractivity contribution in [2.24, 2.45) is 35.5 Å². The summed E-state index contributed by atoms with van der Waals surface area (Å²) in [6, 6.07) is 7.93. The van der Waals surface area contributed by atoms with Crippen molar-refractivity contribution in [3.63, 3.8) is 0 Å². The summed E-state index contributed by atoms with van der Waals surface area (Å²) in [6.45, 7) is 1.41. The highest BCUT2D eigenvalue weighted by atomic mass is 16.3. The average molecular weight is 487 g/mol. The summed E-state index contributed by atoms with van der Waals surface area (Å²) in [7, 11) is 0. The monoisotopic (exact) mass is 486 g/mol. The zero-order chi connectivity index (χ0) is 24.1. The molecule has 0 unspecified atom stereocenters. The van der Waals surface area contributed by atoms with E-state index in [9.17, 15) is 10.2 Å². The molecule has 0 radical (unpaired) electrons. The van der Waals surface area contributed by atoms with Crippen LogP contribution in [0, 0.1) is 35.5 Å². The van der Waals surface area contributed by atoms with E-state index in [2.05, 4.69) is 22.8 Å². The lowest BCUT2D eigenvalue weighted by Crippen LogP contribution is -2.58. The summed E-state index contributed by atoms with van der Waals surface area (Å²) in [6.07, 6.45) is 16.5. The zero-order valence-electron chi connectivity index (χ0n) is 21.6. The summed E-state index contributed by atoms with van der Waals surface area (Å²) in [4.78, 5) is 0. The molecule has 0 saturated heterocycles. The first-order valence-corrected chi connectivity index (χ1v) is 14.9. The molecule has 8 aliphatic carbocycles. The molecule has 0 aliphatic heterocycles. The molecule has 0 atom stereocenters. The maximum absolute atomic E-state index is 11.3. The molecule has 4 N–H and O–H groups in total. The molecule has 8 saturated carbocycles. The van der Waals surface area contributed by atoms with Gasteiger partial charge >= 0.3 is 0 Å². The maximum atomic E-state index is 11.3. The van der Waals surface area contributed by atoms with Crippen molar-refractivity contribution in [1.29, 1.82) is 0 Å². The van der Waals surface area contributed by atoms with Crippen LogP contribution in [0.15, 0.2) is 24.3 Å². The number of hydrogen-bond acceptors (Lipinski definition) is 4. The summed E-state index contributed by atoms with van der Waals surface area (Å²) in [5.74, 6) is 6.19. The van der Waals surface area contributed by atoms with Gasteiger partial charge in [0.15, 0.2) is 0 Å². The molecule has 0 amide bonds. The fraction of sp³-hybridized carbons (Fsp3) is 0.688. The maximum Gasteiger partial charge on any atom is 0.127 e. The predicted octanol–water partition coefficient (Wildman–Crippen LogP) is 6.37. The highest BCUT2D eigenvalue weighted by molar-refractivity contribution is 5.93. The Bertz CT molecular complexity index is 1130. The molecule has 2 aromatic rings. The Hall–Kier alpha value is -1.78. The molecule has 4 heteroatoms. The first kappa shape index (κ1) is 22.2. The van der Waals surface area contributed by atoms with Gasteiger partial charge in [-0.2, -0.15) is 0 Å². The largest absolute Gasteiger partial charge is 0.508 e. The highest BCUT2D eigenvalue weighted by Gasteiger charge is 2.51. The fourth-order valence-corrected chi connectivity index (χ4v) is 11.0. The van der Waals surface area contributed by atoms with Crippen LogP contribution >= 0.6 is 0 Å². The fourth-order valence-electron chi connectivity index (χ4n) is 11.0. The van der Waals surface area contributed by atoms with Gasteiger partial charge in [-0.15, -0.1) is 0 Å². The standard InChI is InChI=1S/C32H42N2O2/c35-29-4-3-27-26(28(29)18-34-32-14-22-8-23(15-32)10-24(9-22)16-32)2-1-25(30(27)36)17-33-31-11-19-5-20(12-31)7-21(6-19)13-31/h1-4,19-24,33-36H,5-18H2. The van der Waals surface area contributed by atoms with E-state index in [0.717, 1.165) is 64.0 Å². The molecule has 192 valence electrons. The van der Waals surface area contributed by atoms with Crippen LogP contribution in [0.2, 0.25) is 0 Å². The lowest BCUT2D eigenvalue weighted by Gasteiger charge is -2.57. The molecular formula is C32H42N2O2. The molecule has 8 aliphatic rings. The number of hydrogen-bond donors (Lipinski definition) is 4. The van der Waals surface area contributed by atoms with Crippen LogP contribution in [0.5, 0.6) is 11.5 Å². The molecule has 36 heavy (non-hydrogen) atoms. The first-order valence-electron chi connectivity index (χ1n) is 14.9. The van der Waals surface area contributed by atoms with Gasteiger partial charge < -0.3 is 20.8 Å². The van der Waals surface area contributed by atoms with Crippen molar-refractivity contribution in [3.8, 4) is 11.5 Å².